The third-order valence-electron chi connectivity index (χ3n) is 4.47. The van der Waals surface area contributed by atoms with Gasteiger partial charge in [0.2, 0.25) is 0 Å². The lowest BCUT2D eigenvalue weighted by Gasteiger charge is -2.06. The SMILES string of the molecule is O=C(COc1ccc(-c2ccccc2)cc1)N/N=C\c1ccc(-c2ccc(F)cc2)o1. The fourth-order valence-electron chi connectivity index (χ4n) is 2.91. The van der Waals surface area contributed by atoms with E-state index in [0.29, 0.717) is 17.3 Å². The fraction of sp³-hybridized carbons (Fsp3) is 0.0400. The van der Waals surface area contributed by atoms with Crippen LogP contribution in [0.4, 0.5) is 4.39 Å². The van der Waals surface area contributed by atoms with Crippen LogP contribution in [-0.2, 0) is 4.79 Å². The molecule has 1 N–H and O–H groups in total. The predicted molar refractivity (Wildman–Crippen MR) is 117 cm³/mol. The second-order valence-corrected chi connectivity index (χ2v) is 6.68. The van der Waals surface area contributed by atoms with Crippen molar-refractivity contribution in [2.24, 2.45) is 5.10 Å². The van der Waals surface area contributed by atoms with E-state index in [1.165, 1.54) is 18.3 Å². The van der Waals surface area contributed by atoms with Crippen LogP contribution >= 0.6 is 0 Å². The van der Waals surface area contributed by atoms with E-state index in [9.17, 15) is 9.18 Å². The molecule has 0 unspecified atom stereocenters. The lowest BCUT2D eigenvalue weighted by molar-refractivity contribution is -0.123. The minimum atomic E-state index is -0.395. The summed E-state index contributed by atoms with van der Waals surface area (Å²) in [6, 6.07) is 26.9. The van der Waals surface area contributed by atoms with E-state index in [1.807, 2.05) is 54.6 Å². The monoisotopic (exact) mass is 414 g/mol. The summed E-state index contributed by atoms with van der Waals surface area (Å²) in [7, 11) is 0. The van der Waals surface area contributed by atoms with E-state index < -0.39 is 5.91 Å². The molecule has 0 saturated heterocycles. The summed E-state index contributed by atoms with van der Waals surface area (Å²) in [5, 5.41) is 3.87. The number of furan rings is 1. The highest BCUT2D eigenvalue weighted by atomic mass is 19.1. The van der Waals surface area contributed by atoms with Gasteiger partial charge in [0.25, 0.3) is 5.91 Å². The highest BCUT2D eigenvalue weighted by Crippen LogP contribution is 2.22. The average molecular weight is 414 g/mol. The van der Waals surface area contributed by atoms with Crippen molar-refractivity contribution in [2.75, 3.05) is 6.61 Å². The molecule has 1 aromatic heterocycles. The van der Waals surface area contributed by atoms with Gasteiger partial charge in [-0.15, -0.1) is 0 Å². The summed E-state index contributed by atoms with van der Waals surface area (Å²) in [5.74, 6) is 0.920. The van der Waals surface area contributed by atoms with Crippen LogP contribution in [-0.4, -0.2) is 18.7 Å². The molecule has 154 valence electrons. The number of hydrogen-bond acceptors (Lipinski definition) is 4. The van der Waals surface area contributed by atoms with Crippen LogP contribution in [0.15, 0.2) is 101 Å². The largest absolute Gasteiger partial charge is 0.484 e. The van der Waals surface area contributed by atoms with Crippen LogP contribution < -0.4 is 10.2 Å². The maximum Gasteiger partial charge on any atom is 0.277 e. The number of rotatable bonds is 7. The maximum atomic E-state index is 13.0. The van der Waals surface area contributed by atoms with Crippen molar-refractivity contribution in [1.29, 1.82) is 0 Å². The number of carbonyl (C=O) groups excluding carboxylic acids is 1. The molecule has 0 aliphatic heterocycles. The molecule has 1 amide bonds. The van der Waals surface area contributed by atoms with Crippen molar-refractivity contribution in [3.8, 4) is 28.2 Å². The van der Waals surface area contributed by atoms with E-state index in [2.05, 4.69) is 10.5 Å². The van der Waals surface area contributed by atoms with Gasteiger partial charge in [-0.3, -0.25) is 4.79 Å². The van der Waals surface area contributed by atoms with Crippen LogP contribution in [0.25, 0.3) is 22.5 Å². The Morgan fingerprint density at radius 2 is 1.55 bits per heavy atom. The smallest absolute Gasteiger partial charge is 0.277 e. The molecule has 4 rings (SSSR count). The van der Waals surface area contributed by atoms with E-state index >= 15 is 0 Å². The molecule has 3 aromatic carbocycles. The third kappa shape index (κ3) is 5.45. The van der Waals surface area contributed by atoms with Gasteiger partial charge in [-0.25, -0.2) is 9.82 Å². The summed E-state index contributed by atoms with van der Waals surface area (Å²) in [5.41, 5.74) is 5.32. The molecular weight excluding hydrogens is 395 g/mol. The van der Waals surface area contributed by atoms with E-state index in [-0.39, 0.29) is 12.4 Å². The second-order valence-electron chi connectivity index (χ2n) is 6.68. The lowest BCUT2D eigenvalue weighted by Crippen LogP contribution is -2.24. The molecule has 6 heteroatoms. The van der Waals surface area contributed by atoms with Crippen LogP contribution in [0, 0.1) is 5.82 Å². The zero-order valence-corrected chi connectivity index (χ0v) is 16.5. The molecule has 0 fully saturated rings. The molecule has 0 saturated carbocycles. The first kappa shape index (κ1) is 20.1. The van der Waals surface area contributed by atoms with Crippen molar-refractivity contribution >= 4 is 12.1 Å². The van der Waals surface area contributed by atoms with Crippen LogP contribution in [0.3, 0.4) is 0 Å². The molecule has 0 spiro atoms. The molecule has 1 heterocycles. The Labute approximate surface area is 178 Å². The van der Waals surface area contributed by atoms with Crippen molar-refractivity contribution in [1.82, 2.24) is 5.43 Å². The minimum absolute atomic E-state index is 0.166. The first-order valence-electron chi connectivity index (χ1n) is 9.63. The average Bonchev–Trinajstić information content (AvgIpc) is 3.28. The number of nitrogens with one attached hydrogen (secondary N) is 1. The van der Waals surface area contributed by atoms with Gasteiger partial charge in [-0.1, -0.05) is 42.5 Å². The zero-order chi connectivity index (χ0) is 21.5. The van der Waals surface area contributed by atoms with Crippen molar-refractivity contribution in [2.45, 2.75) is 0 Å². The minimum Gasteiger partial charge on any atom is -0.484 e. The second kappa shape index (κ2) is 9.54. The molecule has 0 radical (unpaired) electrons. The van der Waals surface area contributed by atoms with Gasteiger partial charge in [0, 0.05) is 5.56 Å². The number of halogens is 1. The van der Waals surface area contributed by atoms with Gasteiger partial charge >= 0.3 is 0 Å². The summed E-state index contributed by atoms with van der Waals surface area (Å²) < 4.78 is 24.1. The number of hydrazone groups is 1. The molecule has 4 aromatic rings. The highest BCUT2D eigenvalue weighted by Gasteiger charge is 2.05. The first-order valence-corrected chi connectivity index (χ1v) is 9.63. The van der Waals surface area contributed by atoms with Crippen molar-refractivity contribution in [3.63, 3.8) is 0 Å². The first-order chi connectivity index (χ1) is 15.2. The molecule has 0 bridgehead atoms. The molecule has 0 aliphatic rings. The summed E-state index contributed by atoms with van der Waals surface area (Å²) in [6.07, 6.45) is 1.39. The number of benzene rings is 3. The lowest BCUT2D eigenvalue weighted by atomic mass is 10.1. The van der Waals surface area contributed by atoms with Crippen molar-refractivity contribution in [3.05, 3.63) is 103 Å². The molecule has 5 nitrogen and oxygen atoms in total. The Kier molecular flexibility index (Phi) is 6.18. The number of hydrogen-bond donors (Lipinski definition) is 1. The number of ether oxygens (including phenoxy) is 1. The van der Waals surface area contributed by atoms with Gasteiger partial charge in [-0.2, -0.15) is 5.10 Å². The van der Waals surface area contributed by atoms with Crippen LogP contribution in [0.2, 0.25) is 0 Å². The summed E-state index contributed by atoms with van der Waals surface area (Å²) in [4.78, 5) is 11.9. The molecule has 0 aliphatic carbocycles. The van der Waals surface area contributed by atoms with Crippen LogP contribution in [0.5, 0.6) is 5.75 Å². The van der Waals surface area contributed by atoms with E-state index in [0.717, 1.165) is 16.7 Å². The van der Waals surface area contributed by atoms with Gasteiger partial charge in [0.1, 0.15) is 23.1 Å². The molecule has 31 heavy (non-hydrogen) atoms. The quantitative estimate of drug-likeness (QED) is 0.330. The Morgan fingerprint density at radius 1 is 0.871 bits per heavy atom. The Balaban J connectivity index is 1.26. The Hall–Kier alpha value is -4.19. The van der Waals surface area contributed by atoms with Crippen LogP contribution in [0.1, 0.15) is 5.76 Å². The maximum absolute atomic E-state index is 13.0. The Bertz CT molecular complexity index is 1170. The van der Waals surface area contributed by atoms with Crippen molar-refractivity contribution < 1.29 is 18.3 Å². The van der Waals surface area contributed by atoms with Gasteiger partial charge in [-0.05, 0) is 59.7 Å². The number of nitrogens with zero attached hydrogens (tertiary/aromatic N) is 1. The zero-order valence-electron chi connectivity index (χ0n) is 16.5. The van der Waals surface area contributed by atoms with E-state index in [4.69, 9.17) is 9.15 Å². The third-order valence-corrected chi connectivity index (χ3v) is 4.47. The fourth-order valence-corrected chi connectivity index (χ4v) is 2.91. The topological polar surface area (TPSA) is 63.8 Å². The Morgan fingerprint density at radius 3 is 2.29 bits per heavy atom. The highest BCUT2D eigenvalue weighted by molar-refractivity contribution is 5.81. The standard InChI is InChI=1S/C25H19FN2O3/c26-21-10-6-20(7-11-21)24-15-14-23(31-24)16-27-28-25(29)17-30-22-12-8-19(9-13-22)18-4-2-1-3-5-18/h1-16H,17H2,(H,28,29)/b27-16-. The summed E-state index contributed by atoms with van der Waals surface area (Å²) in [6.45, 7) is -0.166. The molecule has 0 atom stereocenters. The number of amides is 1. The van der Waals surface area contributed by atoms with Gasteiger partial charge in [0.05, 0.1) is 6.21 Å². The normalized spacial score (nSPS) is 10.9. The van der Waals surface area contributed by atoms with Gasteiger partial charge in [0.15, 0.2) is 6.61 Å². The predicted octanol–water partition coefficient (Wildman–Crippen LogP) is 5.28. The summed E-state index contributed by atoms with van der Waals surface area (Å²) >= 11 is 0. The number of carbonyl (C=O) groups is 1. The molecular formula is C25H19FN2O3. The van der Waals surface area contributed by atoms with E-state index in [1.54, 1.807) is 24.3 Å². The van der Waals surface area contributed by atoms with Gasteiger partial charge < -0.3 is 9.15 Å².